The third-order valence-electron chi connectivity index (χ3n) is 5.02. The smallest absolute Gasteiger partial charge is 0.328 e. The van der Waals surface area contributed by atoms with Crippen molar-refractivity contribution in [3.63, 3.8) is 0 Å². The van der Waals surface area contributed by atoms with Crippen LogP contribution in [-0.4, -0.2) is 98.7 Å². The van der Waals surface area contributed by atoms with Gasteiger partial charge in [-0.25, -0.2) is 9.59 Å². The molecule has 0 aliphatic rings. The zero-order valence-corrected chi connectivity index (χ0v) is 21.3. The lowest BCUT2D eigenvalue weighted by Gasteiger charge is -2.17. The minimum atomic E-state index is -1.01. The Bertz CT molecular complexity index is 533. The molecule has 4 atom stereocenters. The highest BCUT2D eigenvalue weighted by Gasteiger charge is 2.26. The predicted molar refractivity (Wildman–Crippen MR) is 127 cm³/mol. The SMILES string of the molecule is CC[C@@H](CO)NCCN[C@@H](CC)CO.CC[C@H](NC(=O)C(=O)N[C@@H](CC)C(=O)OC)C(=O)OC. The molecule has 12 nitrogen and oxygen atoms in total. The van der Waals surface area contributed by atoms with Gasteiger partial charge in [-0.3, -0.25) is 9.59 Å². The van der Waals surface area contributed by atoms with Crippen LogP contribution in [0.2, 0.25) is 0 Å². The largest absolute Gasteiger partial charge is 0.467 e. The number of aliphatic hydroxyl groups is 2. The molecule has 0 aliphatic carbocycles. The van der Waals surface area contributed by atoms with E-state index in [0.717, 1.165) is 25.9 Å². The summed E-state index contributed by atoms with van der Waals surface area (Å²) >= 11 is 0. The molecule has 0 aromatic rings. The minimum Gasteiger partial charge on any atom is -0.467 e. The maximum absolute atomic E-state index is 11.6. The summed E-state index contributed by atoms with van der Waals surface area (Å²) in [6.07, 6.45) is 2.43. The number of methoxy groups -OCH3 is 2. The van der Waals surface area contributed by atoms with E-state index in [9.17, 15) is 19.2 Å². The monoisotopic (exact) mass is 492 g/mol. The summed E-state index contributed by atoms with van der Waals surface area (Å²) in [7, 11) is 2.36. The fourth-order valence-corrected chi connectivity index (χ4v) is 2.62. The number of hydrogen-bond donors (Lipinski definition) is 6. The minimum absolute atomic E-state index is 0.188. The number of aliphatic hydroxyl groups excluding tert-OH is 2. The first kappa shape index (κ1) is 33.9. The summed E-state index contributed by atoms with van der Waals surface area (Å²) in [4.78, 5) is 45.8. The van der Waals surface area contributed by atoms with Crippen LogP contribution < -0.4 is 21.3 Å². The van der Waals surface area contributed by atoms with E-state index in [0.29, 0.717) is 0 Å². The highest BCUT2D eigenvalue weighted by Crippen LogP contribution is 1.96. The van der Waals surface area contributed by atoms with Crippen LogP contribution in [0.3, 0.4) is 0 Å². The molecule has 6 N–H and O–H groups in total. The first-order valence-corrected chi connectivity index (χ1v) is 11.6. The lowest BCUT2D eigenvalue weighted by molar-refractivity contribution is -0.149. The molecule has 0 aliphatic heterocycles. The van der Waals surface area contributed by atoms with Gasteiger partial charge in [0.05, 0.1) is 27.4 Å². The molecular weight excluding hydrogens is 448 g/mol. The van der Waals surface area contributed by atoms with Crippen molar-refractivity contribution in [2.24, 2.45) is 0 Å². The maximum Gasteiger partial charge on any atom is 0.328 e. The van der Waals surface area contributed by atoms with Gasteiger partial charge in [0, 0.05) is 25.2 Å². The van der Waals surface area contributed by atoms with E-state index in [-0.39, 0.29) is 38.1 Å². The Morgan fingerprint density at radius 3 is 1.18 bits per heavy atom. The van der Waals surface area contributed by atoms with Gasteiger partial charge in [0.25, 0.3) is 0 Å². The van der Waals surface area contributed by atoms with Crippen LogP contribution >= 0.6 is 0 Å². The summed E-state index contributed by atoms with van der Waals surface area (Å²) in [6.45, 7) is 9.44. The Labute approximate surface area is 202 Å². The highest BCUT2D eigenvalue weighted by molar-refractivity contribution is 6.35. The van der Waals surface area contributed by atoms with E-state index in [1.54, 1.807) is 13.8 Å². The van der Waals surface area contributed by atoms with Crippen LogP contribution in [0, 0.1) is 0 Å². The van der Waals surface area contributed by atoms with Gasteiger partial charge in [0.2, 0.25) is 0 Å². The summed E-state index contributed by atoms with van der Waals surface area (Å²) in [6, 6.07) is -1.41. The number of carbonyl (C=O) groups is 4. The van der Waals surface area contributed by atoms with Crippen LogP contribution in [0.4, 0.5) is 0 Å². The third-order valence-corrected chi connectivity index (χ3v) is 5.02. The summed E-state index contributed by atoms with van der Waals surface area (Å²) in [5, 5.41) is 28.7. The van der Waals surface area contributed by atoms with Gasteiger partial charge in [-0.15, -0.1) is 0 Å². The van der Waals surface area contributed by atoms with Gasteiger partial charge < -0.3 is 41.0 Å². The second-order valence-electron chi connectivity index (χ2n) is 7.40. The predicted octanol–water partition coefficient (Wildman–Crippen LogP) is -1.17. The Kier molecular flexibility index (Phi) is 21.2. The normalized spacial score (nSPS) is 13.9. The standard InChI is InChI=1S/C12H20N2O6.C10H24N2O2/c1-5-7(11(17)19-3)13-9(15)10(16)14-8(6-2)12(18)20-4;1-3-9(7-13)11-5-6-12-10(4-2)8-14/h7-8H,5-6H2,1-4H3,(H,13,15)(H,14,16);9-14H,3-8H2,1-2H3/t7-,8-;9-,10-/m00/s1. The summed E-state index contributed by atoms with van der Waals surface area (Å²) < 4.78 is 8.96. The average molecular weight is 493 g/mol. The van der Waals surface area contributed by atoms with Crippen molar-refractivity contribution >= 4 is 23.8 Å². The fourth-order valence-electron chi connectivity index (χ4n) is 2.62. The Morgan fingerprint density at radius 1 is 0.647 bits per heavy atom. The molecule has 34 heavy (non-hydrogen) atoms. The van der Waals surface area contributed by atoms with E-state index in [1.165, 1.54) is 14.2 Å². The number of rotatable bonds is 15. The molecule has 200 valence electrons. The molecule has 0 spiro atoms. The van der Waals surface area contributed by atoms with Gasteiger partial charge in [-0.1, -0.05) is 27.7 Å². The van der Waals surface area contributed by atoms with Gasteiger partial charge >= 0.3 is 23.8 Å². The molecule has 0 radical (unpaired) electrons. The lowest BCUT2D eigenvalue weighted by atomic mass is 10.2. The van der Waals surface area contributed by atoms with E-state index in [1.807, 2.05) is 13.8 Å². The Morgan fingerprint density at radius 2 is 0.971 bits per heavy atom. The highest BCUT2D eigenvalue weighted by atomic mass is 16.5. The van der Waals surface area contributed by atoms with E-state index in [2.05, 4.69) is 30.7 Å². The fraction of sp³-hybridized carbons (Fsp3) is 0.818. The van der Waals surface area contributed by atoms with Gasteiger partial charge in [-0.2, -0.15) is 0 Å². The van der Waals surface area contributed by atoms with Gasteiger partial charge in [-0.05, 0) is 25.7 Å². The Hall–Kier alpha value is -2.28. The second kappa shape index (κ2) is 21.3. The Balaban J connectivity index is 0. The quantitative estimate of drug-likeness (QED) is 0.0928. The van der Waals surface area contributed by atoms with Gasteiger partial charge in [0.1, 0.15) is 12.1 Å². The first-order chi connectivity index (χ1) is 16.2. The number of esters is 2. The molecule has 0 fully saturated rings. The molecule has 0 rings (SSSR count). The molecular formula is C22H44N4O8. The van der Waals surface area contributed by atoms with Crippen molar-refractivity contribution < 1.29 is 38.9 Å². The topological polar surface area (TPSA) is 175 Å². The van der Waals surface area contributed by atoms with E-state index >= 15 is 0 Å². The van der Waals surface area contributed by atoms with Crippen molar-refractivity contribution in [1.82, 2.24) is 21.3 Å². The van der Waals surface area contributed by atoms with Crippen molar-refractivity contribution in [2.45, 2.75) is 77.5 Å². The van der Waals surface area contributed by atoms with Crippen LogP contribution in [-0.2, 0) is 28.7 Å². The molecule has 0 heterocycles. The van der Waals surface area contributed by atoms with Crippen molar-refractivity contribution in [3.8, 4) is 0 Å². The molecule has 0 unspecified atom stereocenters. The molecule has 0 bridgehead atoms. The first-order valence-electron chi connectivity index (χ1n) is 11.6. The lowest BCUT2D eigenvalue weighted by Crippen LogP contribution is -2.51. The van der Waals surface area contributed by atoms with Gasteiger partial charge in [0.15, 0.2) is 0 Å². The van der Waals surface area contributed by atoms with Crippen LogP contribution in [0.1, 0.15) is 53.4 Å². The maximum atomic E-state index is 11.6. The molecule has 0 aromatic heterocycles. The molecule has 0 saturated heterocycles. The summed E-state index contributed by atoms with van der Waals surface area (Å²) in [5.74, 6) is -3.31. The summed E-state index contributed by atoms with van der Waals surface area (Å²) in [5.41, 5.74) is 0. The number of hydrogen-bond acceptors (Lipinski definition) is 10. The zero-order valence-electron chi connectivity index (χ0n) is 21.3. The number of ether oxygens (including phenoxy) is 2. The average Bonchev–Trinajstić information content (AvgIpc) is 2.87. The van der Waals surface area contributed by atoms with Crippen LogP contribution in [0.5, 0.6) is 0 Å². The van der Waals surface area contributed by atoms with Crippen molar-refractivity contribution in [2.75, 3.05) is 40.5 Å². The van der Waals surface area contributed by atoms with Crippen molar-refractivity contribution in [3.05, 3.63) is 0 Å². The van der Waals surface area contributed by atoms with Crippen LogP contribution in [0.15, 0.2) is 0 Å². The number of nitrogens with one attached hydrogen (secondary N) is 4. The van der Waals surface area contributed by atoms with Crippen LogP contribution in [0.25, 0.3) is 0 Å². The molecule has 12 heteroatoms. The van der Waals surface area contributed by atoms with Crippen molar-refractivity contribution in [1.29, 1.82) is 0 Å². The third kappa shape index (κ3) is 14.8. The van der Waals surface area contributed by atoms with E-state index < -0.39 is 35.8 Å². The number of carbonyl (C=O) groups excluding carboxylic acids is 4. The molecule has 0 saturated carbocycles. The second-order valence-corrected chi connectivity index (χ2v) is 7.40. The molecule has 2 amide bonds. The van der Waals surface area contributed by atoms with E-state index in [4.69, 9.17) is 10.2 Å². The molecule has 0 aromatic carbocycles. The zero-order chi connectivity index (χ0) is 26.5. The number of amides is 2.